The Balaban J connectivity index is 2.39. The lowest BCUT2D eigenvalue weighted by Crippen LogP contribution is -2.31. The van der Waals surface area contributed by atoms with Crippen LogP contribution in [0.2, 0.25) is 0 Å². The predicted octanol–water partition coefficient (Wildman–Crippen LogP) is 3.17. The molecule has 0 radical (unpaired) electrons. The standard InChI is InChI=1S/C16H17FN2O2/c1-2-9-19(13-6-4-12(18)5-7-13)16(21)14-10-11(17)3-8-15(14)20/h3-8,10,20H,2,9,18H2,1H3. The van der Waals surface area contributed by atoms with Gasteiger partial charge in [-0.2, -0.15) is 0 Å². The molecule has 3 N–H and O–H groups in total. The van der Waals surface area contributed by atoms with Gasteiger partial charge in [-0.15, -0.1) is 0 Å². The lowest BCUT2D eigenvalue weighted by molar-refractivity contribution is 0.0984. The van der Waals surface area contributed by atoms with Crippen molar-refractivity contribution < 1.29 is 14.3 Å². The van der Waals surface area contributed by atoms with Gasteiger partial charge in [0.15, 0.2) is 0 Å². The van der Waals surface area contributed by atoms with Gasteiger partial charge in [-0.05, 0) is 48.9 Å². The van der Waals surface area contributed by atoms with Crippen molar-refractivity contribution in [2.24, 2.45) is 0 Å². The summed E-state index contributed by atoms with van der Waals surface area (Å²) in [7, 11) is 0. The van der Waals surface area contributed by atoms with Crippen LogP contribution in [-0.4, -0.2) is 17.6 Å². The van der Waals surface area contributed by atoms with Crippen LogP contribution in [0.5, 0.6) is 5.75 Å². The van der Waals surface area contributed by atoms with Crippen molar-refractivity contribution in [1.29, 1.82) is 0 Å². The van der Waals surface area contributed by atoms with Gasteiger partial charge >= 0.3 is 0 Å². The topological polar surface area (TPSA) is 66.6 Å². The van der Waals surface area contributed by atoms with Gasteiger partial charge in [-0.25, -0.2) is 4.39 Å². The summed E-state index contributed by atoms with van der Waals surface area (Å²) in [4.78, 5) is 14.1. The molecule has 0 aromatic heterocycles. The van der Waals surface area contributed by atoms with Gasteiger partial charge in [0.1, 0.15) is 11.6 Å². The molecule has 2 rings (SSSR count). The first-order valence-corrected chi connectivity index (χ1v) is 6.69. The number of hydrogen-bond acceptors (Lipinski definition) is 3. The van der Waals surface area contributed by atoms with E-state index < -0.39 is 11.7 Å². The van der Waals surface area contributed by atoms with Crippen molar-refractivity contribution in [3.8, 4) is 5.75 Å². The number of benzene rings is 2. The minimum absolute atomic E-state index is 0.0553. The SMILES string of the molecule is CCCN(C(=O)c1cc(F)ccc1O)c1ccc(N)cc1. The van der Waals surface area contributed by atoms with Gasteiger partial charge in [0.25, 0.3) is 5.91 Å². The van der Waals surface area contributed by atoms with Crippen LogP contribution in [0.1, 0.15) is 23.7 Å². The fraction of sp³-hybridized carbons (Fsp3) is 0.188. The molecule has 0 unspecified atom stereocenters. The Labute approximate surface area is 122 Å². The smallest absolute Gasteiger partial charge is 0.262 e. The number of rotatable bonds is 4. The second-order valence-electron chi connectivity index (χ2n) is 4.71. The van der Waals surface area contributed by atoms with Crippen molar-refractivity contribution in [2.75, 3.05) is 17.2 Å². The number of anilines is 2. The molecule has 0 spiro atoms. The number of phenols is 1. The molecule has 2 aromatic carbocycles. The third-order valence-electron chi connectivity index (χ3n) is 3.09. The molecule has 0 aliphatic carbocycles. The highest BCUT2D eigenvalue weighted by Crippen LogP contribution is 2.24. The highest BCUT2D eigenvalue weighted by Gasteiger charge is 2.20. The number of aromatic hydroxyl groups is 1. The van der Waals surface area contributed by atoms with E-state index in [1.165, 1.54) is 11.0 Å². The largest absolute Gasteiger partial charge is 0.507 e. The van der Waals surface area contributed by atoms with E-state index in [4.69, 9.17) is 5.73 Å². The molecule has 4 nitrogen and oxygen atoms in total. The molecular weight excluding hydrogens is 271 g/mol. The first-order chi connectivity index (χ1) is 10.0. The maximum Gasteiger partial charge on any atom is 0.262 e. The summed E-state index contributed by atoms with van der Waals surface area (Å²) >= 11 is 0. The minimum Gasteiger partial charge on any atom is -0.507 e. The molecule has 5 heteroatoms. The van der Waals surface area contributed by atoms with E-state index in [1.54, 1.807) is 24.3 Å². The van der Waals surface area contributed by atoms with Crippen LogP contribution in [0.3, 0.4) is 0 Å². The molecule has 0 saturated heterocycles. The van der Waals surface area contributed by atoms with Crippen molar-refractivity contribution >= 4 is 17.3 Å². The van der Waals surface area contributed by atoms with Gasteiger partial charge < -0.3 is 15.7 Å². The number of hydrogen-bond donors (Lipinski definition) is 2. The van der Waals surface area contributed by atoms with Crippen LogP contribution in [0.4, 0.5) is 15.8 Å². The zero-order valence-electron chi connectivity index (χ0n) is 11.7. The van der Waals surface area contributed by atoms with Crippen LogP contribution in [0, 0.1) is 5.82 Å². The summed E-state index contributed by atoms with van der Waals surface area (Å²) in [5, 5.41) is 9.78. The third-order valence-corrected chi connectivity index (χ3v) is 3.09. The Morgan fingerprint density at radius 3 is 2.52 bits per heavy atom. The molecule has 0 atom stereocenters. The maximum absolute atomic E-state index is 13.3. The number of amides is 1. The monoisotopic (exact) mass is 288 g/mol. The summed E-state index contributed by atoms with van der Waals surface area (Å²) in [6.45, 7) is 2.39. The predicted molar refractivity (Wildman–Crippen MR) is 80.9 cm³/mol. The lowest BCUT2D eigenvalue weighted by Gasteiger charge is -2.23. The number of halogens is 1. The number of carbonyl (C=O) groups is 1. The Morgan fingerprint density at radius 1 is 1.24 bits per heavy atom. The quantitative estimate of drug-likeness (QED) is 0.849. The average Bonchev–Trinajstić information content (AvgIpc) is 2.48. The van der Waals surface area contributed by atoms with Gasteiger partial charge in [0.2, 0.25) is 0 Å². The second kappa shape index (κ2) is 6.26. The highest BCUT2D eigenvalue weighted by atomic mass is 19.1. The zero-order valence-corrected chi connectivity index (χ0v) is 11.7. The first kappa shape index (κ1) is 14.8. The molecular formula is C16H17FN2O2. The fourth-order valence-corrected chi connectivity index (χ4v) is 2.05. The number of nitrogens with two attached hydrogens (primary N) is 1. The van der Waals surface area contributed by atoms with Crippen LogP contribution < -0.4 is 10.6 Å². The van der Waals surface area contributed by atoms with Crippen LogP contribution in [0.25, 0.3) is 0 Å². The normalized spacial score (nSPS) is 10.4. The van der Waals surface area contributed by atoms with E-state index in [-0.39, 0.29) is 11.3 Å². The molecule has 21 heavy (non-hydrogen) atoms. The number of nitrogen functional groups attached to an aromatic ring is 1. The number of nitrogens with zero attached hydrogens (tertiary/aromatic N) is 1. The maximum atomic E-state index is 13.3. The van der Waals surface area contributed by atoms with E-state index in [1.807, 2.05) is 6.92 Å². The van der Waals surface area contributed by atoms with Crippen LogP contribution >= 0.6 is 0 Å². The average molecular weight is 288 g/mol. The van der Waals surface area contributed by atoms with E-state index in [2.05, 4.69) is 0 Å². The van der Waals surface area contributed by atoms with Crippen LogP contribution in [-0.2, 0) is 0 Å². The summed E-state index contributed by atoms with van der Waals surface area (Å²) in [5.74, 6) is -1.25. The molecule has 0 fully saturated rings. The minimum atomic E-state index is -0.565. The van der Waals surface area contributed by atoms with Gasteiger partial charge in [-0.3, -0.25) is 4.79 Å². The van der Waals surface area contributed by atoms with E-state index in [0.717, 1.165) is 18.6 Å². The molecule has 2 aromatic rings. The Hall–Kier alpha value is -2.56. The molecule has 0 aliphatic heterocycles. The van der Waals surface area contributed by atoms with Crippen molar-refractivity contribution in [2.45, 2.75) is 13.3 Å². The Morgan fingerprint density at radius 2 is 1.90 bits per heavy atom. The summed E-state index contributed by atoms with van der Waals surface area (Å²) in [6.07, 6.45) is 0.728. The second-order valence-corrected chi connectivity index (χ2v) is 4.71. The fourth-order valence-electron chi connectivity index (χ4n) is 2.05. The molecule has 0 aliphatic rings. The van der Waals surface area contributed by atoms with E-state index in [0.29, 0.717) is 17.9 Å². The summed E-state index contributed by atoms with van der Waals surface area (Å²) in [6, 6.07) is 10.2. The lowest BCUT2D eigenvalue weighted by atomic mass is 10.1. The number of phenolic OH excluding ortho intramolecular Hbond substituents is 1. The first-order valence-electron chi connectivity index (χ1n) is 6.69. The molecule has 1 amide bonds. The van der Waals surface area contributed by atoms with E-state index in [9.17, 15) is 14.3 Å². The molecule has 0 saturated carbocycles. The van der Waals surface area contributed by atoms with Gasteiger partial charge in [0, 0.05) is 17.9 Å². The molecule has 0 bridgehead atoms. The number of carbonyl (C=O) groups excluding carboxylic acids is 1. The summed E-state index contributed by atoms with van der Waals surface area (Å²) in [5.41, 5.74) is 6.83. The third kappa shape index (κ3) is 3.31. The molecule has 110 valence electrons. The van der Waals surface area contributed by atoms with Gasteiger partial charge in [0.05, 0.1) is 5.56 Å². The summed E-state index contributed by atoms with van der Waals surface area (Å²) < 4.78 is 13.3. The van der Waals surface area contributed by atoms with Crippen LogP contribution in [0.15, 0.2) is 42.5 Å². The molecule has 0 heterocycles. The van der Waals surface area contributed by atoms with Crippen molar-refractivity contribution in [1.82, 2.24) is 0 Å². The zero-order chi connectivity index (χ0) is 15.4. The van der Waals surface area contributed by atoms with Crippen molar-refractivity contribution in [3.05, 3.63) is 53.8 Å². The van der Waals surface area contributed by atoms with Crippen molar-refractivity contribution in [3.63, 3.8) is 0 Å². The van der Waals surface area contributed by atoms with E-state index >= 15 is 0 Å². The highest BCUT2D eigenvalue weighted by molar-refractivity contribution is 6.07. The Bertz CT molecular complexity index is 641. The Kier molecular flexibility index (Phi) is 4.42. The van der Waals surface area contributed by atoms with Gasteiger partial charge in [-0.1, -0.05) is 6.92 Å².